The summed E-state index contributed by atoms with van der Waals surface area (Å²) in [5, 5.41) is 0. The average molecular weight is 312 g/mol. The summed E-state index contributed by atoms with van der Waals surface area (Å²) in [5.74, 6) is 0.0532. The maximum absolute atomic E-state index is 13.2. The lowest BCUT2D eigenvalue weighted by atomic mass is 9.69. The van der Waals surface area contributed by atoms with E-state index in [1.165, 1.54) is 29.7 Å². The van der Waals surface area contributed by atoms with Gasteiger partial charge in [-0.3, -0.25) is 19.4 Å². The number of likely N-dealkylation sites (tertiary alicyclic amines) is 2. The third kappa shape index (κ3) is 2.40. The zero-order valence-electron chi connectivity index (χ0n) is 13.6. The Morgan fingerprint density at radius 2 is 1.78 bits per heavy atom. The largest absolute Gasteiger partial charge is 0.286 e. The molecule has 2 saturated heterocycles. The summed E-state index contributed by atoms with van der Waals surface area (Å²) in [7, 11) is 0. The molecule has 2 heterocycles. The zero-order chi connectivity index (χ0) is 15.9. The molecule has 4 rings (SSSR count). The third-order valence-electron chi connectivity index (χ3n) is 5.78. The summed E-state index contributed by atoms with van der Waals surface area (Å²) in [6.45, 7) is 2.49. The molecule has 2 amide bonds. The van der Waals surface area contributed by atoms with Gasteiger partial charge in [0.15, 0.2) is 0 Å². The number of piperidine rings is 1. The second-order valence-electron chi connectivity index (χ2n) is 7.22. The molecule has 1 aromatic rings. The van der Waals surface area contributed by atoms with Crippen LogP contribution in [-0.2, 0) is 21.4 Å². The Labute approximate surface area is 137 Å². The number of carbonyl (C=O) groups is 2. The molecule has 2 aliphatic heterocycles. The predicted molar refractivity (Wildman–Crippen MR) is 87.8 cm³/mol. The number of amides is 2. The lowest BCUT2D eigenvalue weighted by Crippen LogP contribution is -2.46. The molecular formula is C19H24N2O2. The van der Waals surface area contributed by atoms with Crippen LogP contribution in [0.3, 0.4) is 0 Å². The van der Waals surface area contributed by atoms with Crippen LogP contribution in [0.5, 0.6) is 0 Å². The van der Waals surface area contributed by atoms with Crippen LogP contribution in [0.1, 0.15) is 49.7 Å². The van der Waals surface area contributed by atoms with E-state index in [4.69, 9.17) is 0 Å². The van der Waals surface area contributed by atoms with Crippen LogP contribution in [0.15, 0.2) is 24.3 Å². The summed E-state index contributed by atoms with van der Waals surface area (Å²) < 4.78 is 0. The highest BCUT2D eigenvalue weighted by molar-refractivity contribution is 6.09. The molecule has 1 spiro atoms. The van der Waals surface area contributed by atoms with E-state index in [2.05, 4.69) is 17.0 Å². The predicted octanol–water partition coefficient (Wildman–Crippen LogP) is 2.46. The molecule has 1 aliphatic carbocycles. The van der Waals surface area contributed by atoms with Gasteiger partial charge < -0.3 is 0 Å². The monoisotopic (exact) mass is 312 g/mol. The van der Waals surface area contributed by atoms with Crippen molar-refractivity contribution < 1.29 is 9.59 Å². The molecule has 122 valence electrons. The lowest BCUT2D eigenvalue weighted by Gasteiger charge is -2.34. The highest BCUT2D eigenvalue weighted by Crippen LogP contribution is 2.45. The topological polar surface area (TPSA) is 40.6 Å². The maximum atomic E-state index is 13.2. The number of imide groups is 1. The van der Waals surface area contributed by atoms with Crippen LogP contribution in [0.25, 0.3) is 0 Å². The van der Waals surface area contributed by atoms with Crippen molar-refractivity contribution in [2.24, 2.45) is 0 Å². The molecular weight excluding hydrogens is 288 g/mol. The number of nitrogens with zero attached hydrogens (tertiary/aromatic N) is 2. The molecule has 4 nitrogen and oxygen atoms in total. The fourth-order valence-corrected chi connectivity index (χ4v) is 4.57. The molecule has 1 aromatic carbocycles. The summed E-state index contributed by atoms with van der Waals surface area (Å²) >= 11 is 0. The Morgan fingerprint density at radius 3 is 2.61 bits per heavy atom. The van der Waals surface area contributed by atoms with Crippen molar-refractivity contribution in [3.05, 3.63) is 35.4 Å². The molecule has 1 atom stereocenters. The molecule has 0 bridgehead atoms. The maximum Gasteiger partial charge on any atom is 0.241 e. The standard InChI is InChI=1S/C19H24N2O2/c22-17-13-19(10-6-8-15-7-2-3-9-16(15)19)18(23)21(17)14-20-11-4-1-5-12-20/h2-3,7,9H,1,4-6,8,10-14H2/t19-/m1/s1. The molecule has 0 aromatic heterocycles. The van der Waals surface area contributed by atoms with Gasteiger partial charge in [-0.1, -0.05) is 30.7 Å². The minimum Gasteiger partial charge on any atom is -0.286 e. The lowest BCUT2D eigenvalue weighted by molar-refractivity contribution is -0.142. The highest BCUT2D eigenvalue weighted by atomic mass is 16.2. The Kier molecular flexibility index (Phi) is 3.72. The van der Waals surface area contributed by atoms with E-state index < -0.39 is 5.41 Å². The van der Waals surface area contributed by atoms with E-state index in [0.29, 0.717) is 13.1 Å². The van der Waals surface area contributed by atoms with Gasteiger partial charge >= 0.3 is 0 Å². The molecule has 0 N–H and O–H groups in total. The van der Waals surface area contributed by atoms with Crippen molar-refractivity contribution in [2.45, 2.75) is 50.4 Å². The SMILES string of the molecule is O=C1C[C@@]2(CCCc3ccccc32)C(=O)N1CN1CCCCC1. The van der Waals surface area contributed by atoms with Gasteiger partial charge in [0.1, 0.15) is 0 Å². The fraction of sp³-hybridized carbons (Fsp3) is 0.579. The summed E-state index contributed by atoms with van der Waals surface area (Å²) in [5.41, 5.74) is 1.77. The quantitative estimate of drug-likeness (QED) is 0.788. The number of hydrogen-bond donors (Lipinski definition) is 0. The van der Waals surface area contributed by atoms with E-state index >= 15 is 0 Å². The van der Waals surface area contributed by atoms with E-state index in [1.54, 1.807) is 0 Å². The van der Waals surface area contributed by atoms with E-state index in [0.717, 1.165) is 37.9 Å². The van der Waals surface area contributed by atoms with Crippen molar-refractivity contribution in [1.82, 2.24) is 9.80 Å². The van der Waals surface area contributed by atoms with E-state index in [-0.39, 0.29) is 11.8 Å². The minimum atomic E-state index is -0.582. The van der Waals surface area contributed by atoms with Crippen molar-refractivity contribution in [2.75, 3.05) is 19.8 Å². The molecule has 0 saturated carbocycles. The Balaban J connectivity index is 1.62. The Morgan fingerprint density at radius 1 is 1.00 bits per heavy atom. The van der Waals surface area contributed by atoms with Gasteiger partial charge in [-0.25, -0.2) is 0 Å². The van der Waals surface area contributed by atoms with Crippen molar-refractivity contribution in [1.29, 1.82) is 0 Å². The van der Waals surface area contributed by atoms with Crippen molar-refractivity contribution in [3.8, 4) is 0 Å². The smallest absolute Gasteiger partial charge is 0.241 e. The van der Waals surface area contributed by atoms with Crippen LogP contribution < -0.4 is 0 Å². The van der Waals surface area contributed by atoms with Gasteiger partial charge in [-0.15, -0.1) is 0 Å². The number of aryl methyl sites for hydroxylation is 1. The van der Waals surface area contributed by atoms with Gasteiger partial charge in [0.2, 0.25) is 11.8 Å². The molecule has 4 heteroatoms. The fourth-order valence-electron chi connectivity index (χ4n) is 4.57. The van der Waals surface area contributed by atoms with Crippen LogP contribution in [-0.4, -0.2) is 41.4 Å². The first-order chi connectivity index (χ1) is 11.2. The van der Waals surface area contributed by atoms with Gasteiger partial charge in [-0.05, 0) is 56.3 Å². The average Bonchev–Trinajstić information content (AvgIpc) is 2.81. The zero-order valence-corrected chi connectivity index (χ0v) is 13.6. The number of carbonyl (C=O) groups excluding carboxylic acids is 2. The summed E-state index contributed by atoms with van der Waals surface area (Å²) in [6, 6.07) is 8.20. The van der Waals surface area contributed by atoms with E-state index in [9.17, 15) is 9.59 Å². The van der Waals surface area contributed by atoms with Gasteiger partial charge in [-0.2, -0.15) is 0 Å². The Bertz CT molecular complexity index is 636. The minimum absolute atomic E-state index is 0.0114. The highest BCUT2D eigenvalue weighted by Gasteiger charge is 2.54. The molecule has 23 heavy (non-hydrogen) atoms. The first kappa shape index (κ1) is 14.9. The first-order valence-corrected chi connectivity index (χ1v) is 8.86. The first-order valence-electron chi connectivity index (χ1n) is 8.86. The number of benzene rings is 1. The Hall–Kier alpha value is -1.68. The normalized spacial score (nSPS) is 28.4. The van der Waals surface area contributed by atoms with Gasteiger partial charge in [0, 0.05) is 6.42 Å². The molecule has 2 fully saturated rings. The van der Waals surface area contributed by atoms with Crippen LogP contribution in [0.2, 0.25) is 0 Å². The molecule has 0 unspecified atom stereocenters. The van der Waals surface area contributed by atoms with Crippen LogP contribution in [0, 0.1) is 0 Å². The van der Waals surface area contributed by atoms with Crippen molar-refractivity contribution >= 4 is 11.8 Å². The second-order valence-corrected chi connectivity index (χ2v) is 7.22. The molecule has 3 aliphatic rings. The second kappa shape index (κ2) is 5.75. The van der Waals surface area contributed by atoms with E-state index in [1.807, 2.05) is 12.1 Å². The summed E-state index contributed by atoms with van der Waals surface area (Å²) in [6.07, 6.45) is 6.78. The molecule has 0 radical (unpaired) electrons. The number of rotatable bonds is 2. The van der Waals surface area contributed by atoms with Crippen LogP contribution in [0.4, 0.5) is 0 Å². The van der Waals surface area contributed by atoms with Gasteiger partial charge in [0.25, 0.3) is 0 Å². The number of fused-ring (bicyclic) bond motifs is 2. The summed E-state index contributed by atoms with van der Waals surface area (Å²) in [4.78, 5) is 29.6. The van der Waals surface area contributed by atoms with Crippen molar-refractivity contribution in [3.63, 3.8) is 0 Å². The number of hydrogen-bond acceptors (Lipinski definition) is 3. The van der Waals surface area contributed by atoms with Gasteiger partial charge in [0.05, 0.1) is 12.1 Å². The third-order valence-corrected chi connectivity index (χ3v) is 5.78. The van der Waals surface area contributed by atoms with Crippen LogP contribution >= 0.6 is 0 Å².